The molecule has 1 unspecified atom stereocenters. The molecule has 0 radical (unpaired) electrons. The number of aryl methyl sites for hydroxylation is 1. The number of carbonyl (C=O) groups excluding carboxylic acids is 2. The third-order valence-corrected chi connectivity index (χ3v) is 6.01. The summed E-state index contributed by atoms with van der Waals surface area (Å²) in [6, 6.07) is 8.91. The normalized spacial score (nSPS) is 17.3. The molecule has 1 fully saturated rings. The van der Waals surface area contributed by atoms with E-state index in [1.165, 1.54) is 11.0 Å². The molecule has 36 heavy (non-hydrogen) atoms. The van der Waals surface area contributed by atoms with Crippen LogP contribution in [0.25, 0.3) is 5.76 Å². The maximum atomic E-state index is 13.8. The highest BCUT2D eigenvalue weighted by molar-refractivity contribution is 6.46. The number of likely N-dealkylation sites (N-methyl/N-ethyl adjacent to an activating group) is 1. The number of benzene rings is 2. The molecule has 8 heteroatoms. The van der Waals surface area contributed by atoms with E-state index in [1.807, 2.05) is 27.9 Å². The monoisotopic (exact) mass is 496 g/mol. The van der Waals surface area contributed by atoms with E-state index in [1.54, 1.807) is 44.2 Å². The van der Waals surface area contributed by atoms with Gasteiger partial charge in [0.2, 0.25) is 5.78 Å². The minimum absolute atomic E-state index is 0.0544. The van der Waals surface area contributed by atoms with Gasteiger partial charge in [-0.1, -0.05) is 31.7 Å². The van der Waals surface area contributed by atoms with Crippen molar-refractivity contribution in [2.24, 2.45) is 5.92 Å². The second-order valence-electron chi connectivity index (χ2n) is 9.77. The number of hydrogen-bond donors (Lipinski definition) is 2. The Labute approximate surface area is 212 Å². The number of aromatic hydroxyl groups is 1. The molecule has 2 aromatic rings. The second-order valence-corrected chi connectivity index (χ2v) is 9.77. The lowest BCUT2D eigenvalue weighted by Gasteiger charge is -2.28. The van der Waals surface area contributed by atoms with E-state index in [4.69, 9.17) is 9.47 Å². The van der Waals surface area contributed by atoms with Gasteiger partial charge in [0, 0.05) is 5.57 Å². The lowest BCUT2D eigenvalue weighted by molar-refractivity contribution is -0.857. The standard InChI is InChI=1S/C28H36N2O6/c1-7-35-23-15-19(8-11-22(23)31)25-24(27(33)28(34)30(25)13-12-29(5)6)26(32)21-10-9-20(14-18(21)4)36-16-17(2)3/h8-11,14-15,17,25,31-32H,7,12-13,16H2,1-6H3. The number of ether oxygens (including phenoxy) is 2. The molecule has 1 atom stereocenters. The number of nitrogens with zero attached hydrogens (tertiary/aromatic N) is 1. The maximum Gasteiger partial charge on any atom is 0.295 e. The van der Waals surface area contributed by atoms with Gasteiger partial charge in [-0.3, -0.25) is 9.59 Å². The Kier molecular flexibility index (Phi) is 8.63. The summed E-state index contributed by atoms with van der Waals surface area (Å²) in [4.78, 5) is 28.9. The lowest BCUT2D eigenvalue weighted by Crippen LogP contribution is -3.06. The van der Waals surface area contributed by atoms with Gasteiger partial charge in [0.15, 0.2) is 11.5 Å². The first-order chi connectivity index (χ1) is 17.0. The van der Waals surface area contributed by atoms with E-state index in [0.29, 0.717) is 54.7 Å². The Bertz CT molecular complexity index is 1150. The minimum Gasteiger partial charge on any atom is -0.872 e. The Morgan fingerprint density at radius 1 is 1.14 bits per heavy atom. The van der Waals surface area contributed by atoms with Crippen LogP contribution in [0.4, 0.5) is 0 Å². The topological polar surface area (TPSA) is 104 Å². The summed E-state index contributed by atoms with van der Waals surface area (Å²) < 4.78 is 11.3. The SMILES string of the molecule is CCOc1cc(C2C(=C([O-])c3ccc(OCC(C)C)cc3C)C(=O)C(=O)N2CC[NH+](C)C)ccc1O. The number of ketones is 1. The van der Waals surface area contributed by atoms with Crippen LogP contribution in [-0.4, -0.2) is 62.1 Å². The summed E-state index contributed by atoms with van der Waals surface area (Å²) in [5.74, 6) is -0.821. The van der Waals surface area contributed by atoms with Crippen molar-refractivity contribution < 1.29 is 34.2 Å². The number of carbonyl (C=O) groups is 2. The van der Waals surface area contributed by atoms with E-state index in [9.17, 15) is 19.8 Å². The summed E-state index contributed by atoms with van der Waals surface area (Å²) in [5, 5.41) is 24.0. The second kappa shape index (κ2) is 11.5. The highest BCUT2D eigenvalue weighted by atomic mass is 16.5. The summed E-state index contributed by atoms with van der Waals surface area (Å²) in [7, 11) is 3.90. The number of phenolic OH excluding ortho intramolecular Hbond substituents is 1. The first-order valence-corrected chi connectivity index (χ1v) is 12.3. The number of nitrogens with one attached hydrogen (secondary N) is 1. The first-order valence-electron chi connectivity index (χ1n) is 12.3. The number of Topliss-reactive ketones (excluding diaryl/α,β-unsaturated/α-hetero) is 1. The molecule has 0 spiro atoms. The zero-order valence-electron chi connectivity index (χ0n) is 21.9. The molecule has 0 saturated carbocycles. The fraction of sp³-hybridized carbons (Fsp3) is 0.429. The molecule has 0 aromatic heterocycles. The lowest BCUT2D eigenvalue weighted by atomic mass is 9.93. The number of rotatable bonds is 10. The van der Waals surface area contributed by atoms with Gasteiger partial charge in [0.1, 0.15) is 5.75 Å². The number of hydrogen-bond acceptors (Lipinski definition) is 6. The Morgan fingerprint density at radius 2 is 1.86 bits per heavy atom. The zero-order chi connectivity index (χ0) is 26.6. The van der Waals surface area contributed by atoms with Crippen LogP contribution >= 0.6 is 0 Å². The molecule has 0 bridgehead atoms. The van der Waals surface area contributed by atoms with Crippen molar-refractivity contribution in [3.63, 3.8) is 0 Å². The number of quaternary nitrogens is 1. The molecule has 3 rings (SSSR count). The number of phenols is 1. The highest BCUT2D eigenvalue weighted by Crippen LogP contribution is 2.41. The third kappa shape index (κ3) is 5.82. The van der Waals surface area contributed by atoms with Gasteiger partial charge in [0.05, 0.1) is 46.4 Å². The molecule has 2 N–H and O–H groups in total. The molecule has 8 nitrogen and oxygen atoms in total. The average molecular weight is 497 g/mol. The Balaban J connectivity index is 2.13. The molecule has 1 heterocycles. The van der Waals surface area contributed by atoms with Crippen LogP contribution in [0.3, 0.4) is 0 Å². The number of amides is 1. The first kappa shape index (κ1) is 27.1. The largest absolute Gasteiger partial charge is 0.872 e. The van der Waals surface area contributed by atoms with Crippen LogP contribution in [0.2, 0.25) is 0 Å². The van der Waals surface area contributed by atoms with E-state index < -0.39 is 23.5 Å². The van der Waals surface area contributed by atoms with Crippen molar-refractivity contribution >= 4 is 17.4 Å². The van der Waals surface area contributed by atoms with Crippen LogP contribution in [-0.2, 0) is 9.59 Å². The Hall–Kier alpha value is -3.52. The Morgan fingerprint density at radius 3 is 2.47 bits per heavy atom. The van der Waals surface area contributed by atoms with Crippen molar-refractivity contribution in [1.29, 1.82) is 0 Å². The quantitative estimate of drug-likeness (QED) is 0.294. The minimum atomic E-state index is -0.882. The maximum absolute atomic E-state index is 13.8. The van der Waals surface area contributed by atoms with Gasteiger partial charge in [0.25, 0.3) is 5.91 Å². The van der Waals surface area contributed by atoms with Crippen molar-refractivity contribution in [2.45, 2.75) is 33.7 Å². The molecular formula is C28H36N2O6. The predicted molar refractivity (Wildman–Crippen MR) is 135 cm³/mol. The zero-order valence-corrected chi connectivity index (χ0v) is 21.9. The van der Waals surface area contributed by atoms with Crippen LogP contribution in [0, 0.1) is 12.8 Å². The van der Waals surface area contributed by atoms with Gasteiger partial charge in [-0.05, 0) is 60.7 Å². The summed E-state index contributed by atoms with van der Waals surface area (Å²) in [6.07, 6.45) is 0. The average Bonchev–Trinajstić information content (AvgIpc) is 3.07. The molecule has 1 aliphatic rings. The molecule has 0 aliphatic carbocycles. The van der Waals surface area contributed by atoms with Crippen molar-refractivity contribution in [3.8, 4) is 17.2 Å². The fourth-order valence-corrected chi connectivity index (χ4v) is 4.15. The van der Waals surface area contributed by atoms with Gasteiger partial charge in [-0.15, -0.1) is 0 Å². The van der Waals surface area contributed by atoms with E-state index in [0.717, 1.165) is 4.90 Å². The van der Waals surface area contributed by atoms with Crippen LogP contribution in [0.5, 0.6) is 17.2 Å². The van der Waals surface area contributed by atoms with Gasteiger partial charge >= 0.3 is 0 Å². The van der Waals surface area contributed by atoms with Gasteiger partial charge in [-0.25, -0.2) is 0 Å². The van der Waals surface area contributed by atoms with Gasteiger partial charge < -0.3 is 29.5 Å². The molecule has 1 amide bonds. The van der Waals surface area contributed by atoms with Crippen LogP contribution < -0.4 is 19.5 Å². The predicted octanol–water partition coefficient (Wildman–Crippen LogP) is 1.50. The van der Waals surface area contributed by atoms with E-state index in [2.05, 4.69) is 0 Å². The van der Waals surface area contributed by atoms with Gasteiger partial charge in [-0.2, -0.15) is 0 Å². The van der Waals surface area contributed by atoms with Crippen LogP contribution in [0.15, 0.2) is 42.0 Å². The van der Waals surface area contributed by atoms with E-state index in [-0.39, 0.29) is 17.1 Å². The molecule has 194 valence electrons. The molecule has 1 aliphatic heterocycles. The van der Waals surface area contributed by atoms with Crippen molar-refractivity contribution in [2.75, 3.05) is 40.4 Å². The van der Waals surface area contributed by atoms with Crippen LogP contribution in [0.1, 0.15) is 43.5 Å². The highest BCUT2D eigenvalue weighted by Gasteiger charge is 2.44. The number of likely N-dealkylation sites (tertiary alicyclic amines) is 1. The van der Waals surface area contributed by atoms with E-state index >= 15 is 0 Å². The fourth-order valence-electron chi connectivity index (χ4n) is 4.15. The van der Waals surface area contributed by atoms with Crippen molar-refractivity contribution in [1.82, 2.24) is 4.90 Å². The molecule has 1 saturated heterocycles. The summed E-state index contributed by atoms with van der Waals surface area (Å²) in [6.45, 7) is 9.43. The summed E-state index contributed by atoms with van der Waals surface area (Å²) in [5.41, 5.74) is 1.43. The third-order valence-electron chi connectivity index (χ3n) is 6.01. The molecular weight excluding hydrogens is 460 g/mol. The smallest absolute Gasteiger partial charge is 0.295 e. The van der Waals surface area contributed by atoms with Crippen molar-refractivity contribution in [3.05, 3.63) is 58.7 Å². The molecule has 2 aromatic carbocycles. The summed E-state index contributed by atoms with van der Waals surface area (Å²) >= 11 is 0.